The summed E-state index contributed by atoms with van der Waals surface area (Å²) in [5.74, 6) is -7.06. The van der Waals surface area contributed by atoms with Crippen LogP contribution in [-0.2, 0) is 20.8 Å². The number of aromatic hydroxyl groups is 1. The lowest BCUT2D eigenvalue weighted by molar-refractivity contribution is -0.150. The van der Waals surface area contributed by atoms with Crippen LogP contribution in [0.1, 0.15) is 30.4 Å². The molecule has 12 heteroatoms. The third kappa shape index (κ3) is 3.98. The maximum absolute atomic E-state index is 13.8. The summed E-state index contributed by atoms with van der Waals surface area (Å²) in [6, 6.07) is 3.00. The van der Waals surface area contributed by atoms with E-state index in [0.717, 1.165) is 0 Å². The summed E-state index contributed by atoms with van der Waals surface area (Å²) < 4.78 is 25.5. The largest absolute Gasteiger partial charge is 0.508 e. The highest BCUT2D eigenvalue weighted by Crippen LogP contribution is 2.52. The van der Waals surface area contributed by atoms with Crippen LogP contribution < -0.4 is 11.1 Å². The van der Waals surface area contributed by atoms with Gasteiger partial charge in [0.15, 0.2) is 11.4 Å². The molecule has 1 aromatic rings. The van der Waals surface area contributed by atoms with Crippen molar-refractivity contribution in [3.8, 4) is 5.75 Å². The molecule has 4 aliphatic rings. The highest BCUT2D eigenvalue weighted by Gasteiger charge is 2.63. The molecule has 1 aromatic carbocycles. The third-order valence-corrected chi connectivity index (χ3v) is 8.34. The van der Waals surface area contributed by atoms with Gasteiger partial charge in [-0.1, -0.05) is 12.1 Å². The van der Waals surface area contributed by atoms with E-state index in [-0.39, 0.29) is 42.3 Å². The Hall–Kier alpha value is -3.35. The number of carbonyl (C=O) groups excluding carboxylic acids is 3. The highest BCUT2D eigenvalue weighted by molar-refractivity contribution is 6.24. The average Bonchev–Trinajstić information content (AvgIpc) is 2.84. The number of rotatable bonds is 5. The predicted molar refractivity (Wildman–Crippen MR) is 129 cm³/mol. The third-order valence-electron chi connectivity index (χ3n) is 8.34. The molecule has 2 fully saturated rings. The molecule has 3 aliphatic carbocycles. The molecular formula is C26H29F2N3O7. The van der Waals surface area contributed by atoms with Gasteiger partial charge in [-0.25, -0.2) is 8.78 Å². The van der Waals surface area contributed by atoms with Gasteiger partial charge in [-0.2, -0.15) is 0 Å². The van der Waals surface area contributed by atoms with E-state index in [1.165, 1.54) is 6.07 Å². The summed E-state index contributed by atoms with van der Waals surface area (Å²) in [7, 11) is 0. The number of ketones is 2. The summed E-state index contributed by atoms with van der Waals surface area (Å²) in [6.07, 6.45) is -1.46. The lowest BCUT2D eigenvalue weighted by atomic mass is 9.57. The summed E-state index contributed by atoms with van der Waals surface area (Å²) in [5.41, 5.74) is 2.16. The fourth-order valence-corrected chi connectivity index (χ4v) is 6.54. The van der Waals surface area contributed by atoms with Gasteiger partial charge in [0.25, 0.3) is 12.3 Å². The normalized spacial score (nSPS) is 30.4. The molecule has 0 spiro atoms. The van der Waals surface area contributed by atoms with Crippen LogP contribution in [0.4, 0.5) is 8.78 Å². The second kappa shape index (κ2) is 9.44. The number of likely N-dealkylation sites (tertiary alicyclic amines) is 1. The topological polar surface area (TPSA) is 173 Å². The molecule has 10 nitrogen and oxygen atoms in total. The first-order chi connectivity index (χ1) is 17.9. The number of phenols is 1. The number of primary amides is 1. The number of halogens is 2. The number of nitrogens with zero attached hydrogens (tertiary/aromatic N) is 1. The van der Waals surface area contributed by atoms with Crippen molar-refractivity contribution in [3.05, 3.63) is 46.2 Å². The molecule has 1 saturated heterocycles. The number of alkyl halides is 2. The van der Waals surface area contributed by atoms with Crippen LogP contribution in [0.2, 0.25) is 0 Å². The fraction of sp³-hybridized carbons (Fsp3) is 0.500. The first-order valence-corrected chi connectivity index (χ1v) is 12.5. The SMILES string of the molecule is NC(=O)C1=C(O)[C@@]2(O)C(=O)C3=C(O)c4c(O)cccc4C[C@H]3C[C@H]2[C@@H](NC2CCN(CC(F)F)CC2)C1=O. The van der Waals surface area contributed by atoms with E-state index < -0.39 is 64.5 Å². The highest BCUT2D eigenvalue weighted by atomic mass is 19.3. The number of hydrogen-bond donors (Lipinski definition) is 6. The van der Waals surface area contributed by atoms with E-state index in [4.69, 9.17) is 5.73 Å². The van der Waals surface area contributed by atoms with Crippen LogP contribution in [0.5, 0.6) is 5.75 Å². The zero-order valence-electron chi connectivity index (χ0n) is 20.4. The molecule has 7 N–H and O–H groups in total. The Morgan fingerprint density at radius 1 is 1.18 bits per heavy atom. The predicted octanol–water partition coefficient (Wildman–Crippen LogP) is 0.721. The van der Waals surface area contributed by atoms with Crippen LogP contribution in [0.15, 0.2) is 35.1 Å². The number of benzene rings is 1. The molecule has 1 saturated carbocycles. The molecule has 0 bridgehead atoms. The number of carbonyl (C=O) groups is 3. The fourth-order valence-electron chi connectivity index (χ4n) is 6.54. The van der Waals surface area contributed by atoms with Crippen molar-refractivity contribution >= 4 is 23.2 Å². The second-order valence-corrected chi connectivity index (χ2v) is 10.5. The number of amides is 1. The van der Waals surface area contributed by atoms with Crippen LogP contribution in [0.3, 0.4) is 0 Å². The van der Waals surface area contributed by atoms with E-state index in [9.17, 15) is 43.6 Å². The maximum atomic E-state index is 13.8. The molecule has 0 aromatic heterocycles. The molecule has 5 rings (SSSR count). The maximum Gasteiger partial charge on any atom is 0.255 e. The summed E-state index contributed by atoms with van der Waals surface area (Å²) in [6.45, 7) is 0.306. The van der Waals surface area contributed by atoms with Crippen molar-refractivity contribution < 1.29 is 43.6 Å². The average molecular weight is 534 g/mol. The molecule has 1 aliphatic heterocycles. The van der Waals surface area contributed by atoms with Crippen molar-refractivity contribution in [2.45, 2.75) is 49.8 Å². The molecule has 1 amide bonds. The molecule has 38 heavy (non-hydrogen) atoms. The summed E-state index contributed by atoms with van der Waals surface area (Å²) in [4.78, 5) is 41.0. The minimum absolute atomic E-state index is 0.0134. The van der Waals surface area contributed by atoms with Gasteiger partial charge in [0.05, 0.1) is 18.2 Å². The zero-order valence-corrected chi connectivity index (χ0v) is 20.4. The molecule has 204 valence electrons. The molecule has 0 radical (unpaired) electrons. The van der Waals surface area contributed by atoms with E-state index in [1.807, 2.05) is 0 Å². The van der Waals surface area contributed by atoms with Crippen molar-refractivity contribution in [1.82, 2.24) is 10.2 Å². The van der Waals surface area contributed by atoms with E-state index in [0.29, 0.717) is 31.5 Å². The molecule has 1 heterocycles. The minimum atomic E-state index is -2.73. The number of nitrogens with one attached hydrogen (secondary N) is 1. The van der Waals surface area contributed by atoms with Gasteiger partial charge in [0, 0.05) is 17.5 Å². The van der Waals surface area contributed by atoms with Gasteiger partial charge < -0.3 is 31.5 Å². The number of piperidine rings is 1. The molecular weight excluding hydrogens is 504 g/mol. The smallest absolute Gasteiger partial charge is 0.255 e. The summed E-state index contributed by atoms with van der Waals surface area (Å²) in [5, 5.41) is 47.1. The van der Waals surface area contributed by atoms with Crippen LogP contribution in [-0.4, -0.2) is 86.5 Å². The molecule has 4 atom stereocenters. The van der Waals surface area contributed by atoms with E-state index in [2.05, 4.69) is 5.32 Å². The second-order valence-electron chi connectivity index (χ2n) is 10.5. The number of fused-ring (bicyclic) bond motifs is 3. The number of nitrogens with two attached hydrogens (primary N) is 1. The number of hydrogen-bond acceptors (Lipinski definition) is 9. The van der Waals surface area contributed by atoms with Crippen LogP contribution in [0, 0.1) is 11.8 Å². The van der Waals surface area contributed by atoms with E-state index >= 15 is 0 Å². The van der Waals surface area contributed by atoms with Crippen molar-refractivity contribution in [3.63, 3.8) is 0 Å². The monoisotopic (exact) mass is 533 g/mol. The Labute approximate surface area is 216 Å². The lowest BCUT2D eigenvalue weighted by Gasteiger charge is -2.50. The Bertz CT molecular complexity index is 1270. The number of phenolic OH excluding ortho intramolecular Hbond substituents is 1. The standard InChI is InChI=1S/C26H29F2N3O7/c27-16(28)10-31-6-4-13(5-7-31)30-20-14-9-12-8-11-2-1-3-15(32)17(11)21(33)18(12)23(35)26(14,38)24(36)19(22(20)34)25(29)37/h1-3,12-14,16,20,30,32-33,36,38H,4-10H2,(H2,29,37)/t12-,14-,20+,26-/m0/s1. The van der Waals surface area contributed by atoms with Gasteiger partial charge in [-0.3, -0.25) is 19.3 Å². The van der Waals surface area contributed by atoms with Gasteiger partial charge in [-0.05, 0) is 56.3 Å². The zero-order chi connectivity index (χ0) is 27.5. The van der Waals surface area contributed by atoms with Crippen molar-refractivity contribution in [2.24, 2.45) is 17.6 Å². The first-order valence-electron chi connectivity index (χ1n) is 12.5. The molecule has 0 unspecified atom stereocenters. The van der Waals surface area contributed by atoms with Gasteiger partial charge in [0.2, 0.25) is 5.78 Å². The van der Waals surface area contributed by atoms with Crippen molar-refractivity contribution in [2.75, 3.05) is 19.6 Å². The summed E-state index contributed by atoms with van der Waals surface area (Å²) >= 11 is 0. The van der Waals surface area contributed by atoms with E-state index in [1.54, 1.807) is 17.0 Å². The first kappa shape index (κ1) is 26.3. The van der Waals surface area contributed by atoms with Crippen molar-refractivity contribution in [1.29, 1.82) is 0 Å². The quantitative estimate of drug-likeness (QED) is 0.298. The Balaban J connectivity index is 1.53. The minimum Gasteiger partial charge on any atom is -0.508 e. The Morgan fingerprint density at radius 3 is 2.50 bits per heavy atom. The van der Waals surface area contributed by atoms with Crippen LogP contribution >= 0.6 is 0 Å². The lowest BCUT2D eigenvalue weighted by Crippen LogP contribution is -2.67. The number of Topliss-reactive ketones (excluding diaryl/α,β-unsaturated/α-hetero) is 2. The number of aliphatic hydroxyl groups is 3. The van der Waals surface area contributed by atoms with Crippen LogP contribution in [0.25, 0.3) is 5.76 Å². The number of aliphatic hydroxyl groups excluding tert-OH is 2. The Kier molecular flexibility index (Phi) is 6.52. The Morgan fingerprint density at radius 2 is 1.87 bits per heavy atom. The van der Waals surface area contributed by atoms with Gasteiger partial charge in [-0.15, -0.1) is 0 Å². The van der Waals surface area contributed by atoms with Gasteiger partial charge >= 0.3 is 0 Å². The van der Waals surface area contributed by atoms with Gasteiger partial charge in [0.1, 0.15) is 22.8 Å².